The number of fused-ring (bicyclic) bond motifs is 3. The zero-order valence-electron chi connectivity index (χ0n) is 14.1. The second-order valence-electron chi connectivity index (χ2n) is 6.38. The maximum atomic E-state index is 12.4. The van der Waals surface area contributed by atoms with Gasteiger partial charge in [0, 0.05) is 4.47 Å². The molecule has 3 rings (SSSR count). The molecule has 130 valence electrons. The minimum atomic E-state index is -0.998. The number of carbonyl (C=O) groups is 2. The molecule has 3 atom stereocenters. The summed E-state index contributed by atoms with van der Waals surface area (Å²) in [6.45, 7) is 3.89. The second-order valence-corrected chi connectivity index (χ2v) is 7.29. The number of carbonyl (C=O) groups excluding carboxylic acids is 2. The van der Waals surface area contributed by atoms with E-state index in [0.717, 1.165) is 15.6 Å². The average molecular weight is 405 g/mol. The molecule has 1 aromatic rings. The van der Waals surface area contributed by atoms with E-state index >= 15 is 0 Å². The lowest BCUT2D eigenvalue weighted by molar-refractivity contribution is -0.142. The van der Waals surface area contributed by atoms with Crippen molar-refractivity contribution in [3.05, 3.63) is 39.9 Å². The van der Waals surface area contributed by atoms with Crippen LogP contribution in [0.1, 0.15) is 25.8 Å². The minimum absolute atomic E-state index is 0.409. The van der Waals surface area contributed by atoms with Gasteiger partial charge < -0.3 is 9.47 Å². The Morgan fingerprint density at radius 1 is 1.52 bits per heavy atom. The highest BCUT2D eigenvalue weighted by Crippen LogP contribution is 2.56. The number of amides is 1. The number of benzene rings is 1. The van der Waals surface area contributed by atoms with Gasteiger partial charge in [-0.15, -0.1) is 0 Å². The maximum absolute atomic E-state index is 12.4. The maximum Gasteiger partial charge on any atom is 0.417 e. The van der Waals surface area contributed by atoms with E-state index in [9.17, 15) is 14.9 Å². The molecule has 2 aliphatic rings. The van der Waals surface area contributed by atoms with Gasteiger partial charge in [0.15, 0.2) is 12.1 Å². The number of allylic oxidation sites excluding steroid dienone is 2. The molecule has 0 aliphatic carbocycles. The molecular formula is C18H17BrN2O4. The van der Waals surface area contributed by atoms with E-state index in [1.165, 1.54) is 12.0 Å². The fraction of sp³-hybridized carbons (Fsp3) is 0.389. The molecule has 2 heterocycles. The quantitative estimate of drug-likeness (QED) is 0.554. The highest BCUT2D eigenvalue weighted by atomic mass is 79.9. The second kappa shape index (κ2) is 6.19. The lowest BCUT2D eigenvalue weighted by Crippen LogP contribution is -2.47. The van der Waals surface area contributed by atoms with Crippen molar-refractivity contribution >= 4 is 33.7 Å². The number of hydrogen-bond acceptors (Lipinski definition) is 5. The fourth-order valence-corrected chi connectivity index (χ4v) is 3.94. The van der Waals surface area contributed by atoms with Crippen molar-refractivity contribution in [1.82, 2.24) is 0 Å². The van der Waals surface area contributed by atoms with Crippen LogP contribution >= 0.6 is 15.9 Å². The number of ether oxygens (including phenoxy) is 2. The first kappa shape index (κ1) is 17.5. The molecule has 0 bridgehead atoms. The van der Waals surface area contributed by atoms with Gasteiger partial charge in [0.05, 0.1) is 24.3 Å². The Labute approximate surface area is 154 Å². The molecule has 2 aliphatic heterocycles. The van der Waals surface area contributed by atoms with Crippen LogP contribution in [0.15, 0.2) is 34.3 Å². The molecule has 0 unspecified atom stereocenters. The van der Waals surface area contributed by atoms with Crippen LogP contribution in [0.5, 0.6) is 0 Å². The number of hydrogen-bond donors (Lipinski definition) is 0. The number of methoxy groups -OCH3 is 1. The molecule has 0 saturated carbocycles. The molecule has 25 heavy (non-hydrogen) atoms. The molecule has 1 aromatic carbocycles. The van der Waals surface area contributed by atoms with Crippen molar-refractivity contribution in [2.75, 3.05) is 12.0 Å². The Bertz CT molecular complexity index is 825. The molecule has 0 spiro atoms. The van der Waals surface area contributed by atoms with Gasteiger partial charge >= 0.3 is 12.1 Å². The number of nitriles is 1. The average Bonchev–Trinajstić information content (AvgIpc) is 2.99. The summed E-state index contributed by atoms with van der Waals surface area (Å²) in [6.07, 6.45) is 0.838. The van der Waals surface area contributed by atoms with E-state index in [2.05, 4.69) is 22.0 Å². The number of nitrogens with zero attached hydrogens (tertiary/aromatic N) is 2. The van der Waals surface area contributed by atoms with Crippen molar-refractivity contribution in [2.24, 2.45) is 5.92 Å². The van der Waals surface area contributed by atoms with Gasteiger partial charge in [0.25, 0.3) is 0 Å². The Balaban J connectivity index is 2.28. The summed E-state index contributed by atoms with van der Waals surface area (Å²) < 4.78 is 11.2. The number of halogens is 1. The van der Waals surface area contributed by atoms with Crippen LogP contribution in [0.2, 0.25) is 0 Å². The summed E-state index contributed by atoms with van der Waals surface area (Å²) >= 11 is 3.40. The predicted molar refractivity (Wildman–Crippen MR) is 93.7 cm³/mol. The summed E-state index contributed by atoms with van der Waals surface area (Å²) in [6, 6.07) is 7.53. The Morgan fingerprint density at radius 2 is 2.24 bits per heavy atom. The molecule has 0 radical (unpaired) electrons. The smallest absolute Gasteiger partial charge is 0.417 e. The van der Waals surface area contributed by atoms with Crippen LogP contribution in [0.4, 0.5) is 10.5 Å². The third-order valence-electron chi connectivity index (χ3n) is 4.72. The highest BCUT2D eigenvalue weighted by molar-refractivity contribution is 9.10. The molecule has 7 heteroatoms. The van der Waals surface area contributed by atoms with E-state index in [-0.39, 0.29) is 0 Å². The number of rotatable bonds is 2. The zero-order valence-corrected chi connectivity index (χ0v) is 15.7. The van der Waals surface area contributed by atoms with E-state index in [1.807, 2.05) is 32.1 Å². The first-order valence-corrected chi connectivity index (χ1v) is 8.56. The predicted octanol–water partition coefficient (Wildman–Crippen LogP) is 3.65. The SMILES string of the molecule is COC(=O)N1c2cc(Br)ccc2[C@@]2(CC=C(C)C)[C@@H](C#N)C(=O)O[C@@H]12. The summed E-state index contributed by atoms with van der Waals surface area (Å²) in [4.78, 5) is 26.1. The van der Waals surface area contributed by atoms with Crippen molar-refractivity contribution in [3.63, 3.8) is 0 Å². The van der Waals surface area contributed by atoms with Gasteiger partial charge in [-0.1, -0.05) is 33.6 Å². The lowest BCUT2D eigenvalue weighted by atomic mass is 9.70. The molecule has 0 N–H and O–H groups in total. The van der Waals surface area contributed by atoms with Crippen LogP contribution in [-0.2, 0) is 19.7 Å². The van der Waals surface area contributed by atoms with Crippen molar-refractivity contribution in [2.45, 2.75) is 31.9 Å². The minimum Gasteiger partial charge on any atom is -0.452 e. The lowest BCUT2D eigenvalue weighted by Gasteiger charge is -2.30. The first-order chi connectivity index (χ1) is 11.9. The van der Waals surface area contributed by atoms with Gasteiger partial charge in [-0.25, -0.2) is 9.69 Å². The molecule has 0 aromatic heterocycles. The number of anilines is 1. The van der Waals surface area contributed by atoms with Crippen LogP contribution in [0.25, 0.3) is 0 Å². The summed E-state index contributed by atoms with van der Waals surface area (Å²) in [5, 5.41) is 9.66. The molecule has 6 nitrogen and oxygen atoms in total. The number of esters is 1. The van der Waals surface area contributed by atoms with E-state index in [4.69, 9.17) is 9.47 Å². The Morgan fingerprint density at radius 3 is 2.84 bits per heavy atom. The normalized spacial score (nSPS) is 26.4. The topological polar surface area (TPSA) is 79.6 Å². The Kier molecular flexibility index (Phi) is 4.33. The van der Waals surface area contributed by atoms with E-state index < -0.39 is 29.6 Å². The van der Waals surface area contributed by atoms with E-state index in [0.29, 0.717) is 12.1 Å². The Hall–Kier alpha value is -2.33. The van der Waals surface area contributed by atoms with Crippen LogP contribution < -0.4 is 4.90 Å². The van der Waals surface area contributed by atoms with Gasteiger partial charge in [-0.2, -0.15) is 5.26 Å². The van der Waals surface area contributed by atoms with Crippen LogP contribution in [0.3, 0.4) is 0 Å². The van der Waals surface area contributed by atoms with Gasteiger partial charge in [0.2, 0.25) is 0 Å². The standard InChI is InChI=1S/C18H17BrN2O4/c1-10(2)6-7-18-12-5-4-11(19)8-14(12)21(17(23)24-3)16(18)25-15(22)13(18)9-20/h4-6,8,13,16H,7H2,1-3H3/t13-,16+,18-/m0/s1. The van der Waals surface area contributed by atoms with Crippen LogP contribution in [0, 0.1) is 17.2 Å². The zero-order chi connectivity index (χ0) is 18.4. The largest absolute Gasteiger partial charge is 0.452 e. The third-order valence-corrected chi connectivity index (χ3v) is 5.22. The summed E-state index contributed by atoms with van der Waals surface area (Å²) in [7, 11) is 1.27. The van der Waals surface area contributed by atoms with Gasteiger partial charge in [-0.3, -0.25) is 4.79 Å². The van der Waals surface area contributed by atoms with E-state index in [1.54, 1.807) is 6.07 Å². The first-order valence-electron chi connectivity index (χ1n) is 7.77. The molecule has 1 saturated heterocycles. The van der Waals surface area contributed by atoms with Gasteiger partial charge in [0.1, 0.15) is 0 Å². The molecular weight excluding hydrogens is 388 g/mol. The van der Waals surface area contributed by atoms with Crippen molar-refractivity contribution in [3.8, 4) is 6.07 Å². The summed E-state index contributed by atoms with van der Waals surface area (Å²) in [5.41, 5.74) is 1.43. The van der Waals surface area contributed by atoms with Gasteiger partial charge in [-0.05, 0) is 38.0 Å². The summed E-state index contributed by atoms with van der Waals surface area (Å²) in [5.74, 6) is -1.61. The fourth-order valence-electron chi connectivity index (χ4n) is 3.59. The van der Waals surface area contributed by atoms with Crippen LogP contribution in [-0.4, -0.2) is 25.4 Å². The molecule has 1 amide bonds. The third kappa shape index (κ3) is 2.44. The molecule has 1 fully saturated rings. The van der Waals surface area contributed by atoms with Crippen molar-refractivity contribution < 1.29 is 19.1 Å². The van der Waals surface area contributed by atoms with Crippen molar-refractivity contribution in [1.29, 1.82) is 5.26 Å². The highest BCUT2D eigenvalue weighted by Gasteiger charge is 2.66. The monoisotopic (exact) mass is 404 g/mol.